The number of nitrogens with zero attached hydrogens (tertiary/aromatic N) is 2. The summed E-state index contributed by atoms with van der Waals surface area (Å²) < 4.78 is 14.6. The number of carbonyl (C=O) groups is 1. The number of nitrogens with one attached hydrogen (secondary N) is 2. The zero-order valence-corrected chi connectivity index (χ0v) is 16.4. The van der Waals surface area contributed by atoms with Crippen LogP contribution in [0.15, 0.2) is 91.1 Å². The highest BCUT2D eigenvalue weighted by Gasteiger charge is 2.11. The summed E-state index contributed by atoms with van der Waals surface area (Å²) in [6.07, 6.45) is 1.67. The van der Waals surface area contributed by atoms with E-state index in [4.69, 9.17) is 0 Å². The normalized spacial score (nSPS) is 11.7. The third-order valence-corrected chi connectivity index (χ3v) is 4.74. The predicted octanol–water partition coefficient (Wildman–Crippen LogP) is 5.44. The maximum absolute atomic E-state index is 13.1. The van der Waals surface area contributed by atoms with Gasteiger partial charge in [-0.1, -0.05) is 30.3 Å². The van der Waals surface area contributed by atoms with Crippen molar-refractivity contribution in [3.63, 3.8) is 0 Å². The highest BCUT2D eigenvalue weighted by atomic mass is 19.1. The van der Waals surface area contributed by atoms with Crippen LogP contribution in [0.4, 0.5) is 15.8 Å². The third-order valence-electron chi connectivity index (χ3n) is 4.74. The molecule has 0 fully saturated rings. The van der Waals surface area contributed by atoms with Gasteiger partial charge in [0.1, 0.15) is 5.82 Å². The van der Waals surface area contributed by atoms with Gasteiger partial charge in [0, 0.05) is 23.6 Å². The maximum Gasteiger partial charge on any atom is 0.276 e. The molecule has 1 heterocycles. The van der Waals surface area contributed by atoms with Crippen LogP contribution in [0.3, 0.4) is 0 Å². The number of benzene rings is 3. The van der Waals surface area contributed by atoms with Gasteiger partial charge in [-0.2, -0.15) is 5.10 Å². The Morgan fingerprint density at radius 1 is 0.900 bits per heavy atom. The molecule has 5 nitrogen and oxygen atoms in total. The molecule has 4 rings (SSSR count). The molecule has 0 spiro atoms. The van der Waals surface area contributed by atoms with Crippen molar-refractivity contribution in [2.24, 2.45) is 0 Å². The third kappa shape index (κ3) is 4.55. The molecule has 4 aromatic rings. The van der Waals surface area contributed by atoms with Crippen molar-refractivity contribution in [1.29, 1.82) is 0 Å². The Morgan fingerprint density at radius 3 is 2.27 bits per heavy atom. The van der Waals surface area contributed by atoms with Crippen molar-refractivity contribution in [2.75, 3.05) is 10.6 Å². The van der Waals surface area contributed by atoms with Crippen LogP contribution in [-0.2, 0) is 0 Å². The number of hydrogen-bond donors (Lipinski definition) is 2. The highest BCUT2D eigenvalue weighted by molar-refractivity contribution is 6.02. The monoisotopic (exact) mass is 400 g/mol. The van der Waals surface area contributed by atoms with Crippen molar-refractivity contribution in [3.8, 4) is 5.69 Å². The molecule has 0 aliphatic carbocycles. The second-order valence-electron chi connectivity index (χ2n) is 6.93. The van der Waals surface area contributed by atoms with Gasteiger partial charge in [0.2, 0.25) is 0 Å². The lowest BCUT2D eigenvalue weighted by molar-refractivity contribution is 0.102. The van der Waals surface area contributed by atoms with Gasteiger partial charge in [0.05, 0.1) is 5.69 Å². The number of anilines is 2. The first-order chi connectivity index (χ1) is 14.6. The molecule has 0 bridgehead atoms. The molecule has 0 aliphatic rings. The number of rotatable bonds is 6. The van der Waals surface area contributed by atoms with Crippen molar-refractivity contribution < 1.29 is 9.18 Å². The molecule has 0 radical (unpaired) electrons. The van der Waals surface area contributed by atoms with Crippen LogP contribution < -0.4 is 10.6 Å². The number of hydrogen-bond acceptors (Lipinski definition) is 3. The second kappa shape index (κ2) is 8.61. The van der Waals surface area contributed by atoms with Crippen molar-refractivity contribution in [1.82, 2.24) is 9.78 Å². The summed E-state index contributed by atoms with van der Waals surface area (Å²) in [5, 5.41) is 10.5. The topological polar surface area (TPSA) is 58.9 Å². The molecule has 0 aliphatic heterocycles. The molecule has 2 N–H and O–H groups in total. The van der Waals surface area contributed by atoms with Crippen LogP contribution >= 0.6 is 0 Å². The van der Waals surface area contributed by atoms with Gasteiger partial charge < -0.3 is 10.6 Å². The Bertz CT molecular complexity index is 1120. The summed E-state index contributed by atoms with van der Waals surface area (Å²) in [6, 6.07) is 25.4. The lowest BCUT2D eigenvalue weighted by Gasteiger charge is -2.16. The van der Waals surface area contributed by atoms with E-state index < -0.39 is 0 Å². The minimum absolute atomic E-state index is 0.169. The van der Waals surface area contributed by atoms with Gasteiger partial charge in [0.25, 0.3) is 5.91 Å². The largest absolute Gasteiger partial charge is 0.379 e. The molecule has 1 aromatic heterocycles. The number of amides is 1. The van der Waals surface area contributed by atoms with Gasteiger partial charge in [-0.15, -0.1) is 0 Å². The smallest absolute Gasteiger partial charge is 0.276 e. The predicted molar refractivity (Wildman–Crippen MR) is 116 cm³/mol. The number of carbonyl (C=O) groups excluding carboxylic acids is 1. The van der Waals surface area contributed by atoms with Crippen molar-refractivity contribution in [2.45, 2.75) is 13.0 Å². The Morgan fingerprint density at radius 2 is 1.57 bits per heavy atom. The molecule has 1 unspecified atom stereocenters. The van der Waals surface area contributed by atoms with Crippen LogP contribution in [0.5, 0.6) is 0 Å². The molecule has 1 atom stereocenters. The van der Waals surface area contributed by atoms with Crippen LogP contribution in [0.25, 0.3) is 5.69 Å². The van der Waals surface area contributed by atoms with E-state index in [0.29, 0.717) is 11.4 Å². The van der Waals surface area contributed by atoms with E-state index in [2.05, 4.69) is 34.8 Å². The molecule has 1 amide bonds. The summed E-state index contributed by atoms with van der Waals surface area (Å²) >= 11 is 0. The summed E-state index contributed by atoms with van der Waals surface area (Å²) in [4.78, 5) is 12.5. The van der Waals surface area contributed by atoms with E-state index in [1.54, 1.807) is 24.4 Å². The zero-order valence-electron chi connectivity index (χ0n) is 16.4. The molecular weight excluding hydrogens is 379 g/mol. The fourth-order valence-corrected chi connectivity index (χ4v) is 3.10. The molecule has 30 heavy (non-hydrogen) atoms. The fraction of sp³-hybridized carbons (Fsp3) is 0.0833. The van der Waals surface area contributed by atoms with Gasteiger partial charge in [-0.05, 0) is 67.1 Å². The van der Waals surface area contributed by atoms with Crippen LogP contribution in [0, 0.1) is 5.82 Å². The number of halogens is 1. The van der Waals surface area contributed by atoms with E-state index in [1.807, 2.05) is 42.5 Å². The Kier molecular flexibility index (Phi) is 5.57. The summed E-state index contributed by atoms with van der Waals surface area (Å²) in [7, 11) is 0. The summed E-state index contributed by atoms with van der Waals surface area (Å²) in [5.74, 6) is -0.630. The second-order valence-corrected chi connectivity index (χ2v) is 6.93. The Hall–Kier alpha value is -3.93. The minimum atomic E-state index is -0.319. The fourth-order valence-electron chi connectivity index (χ4n) is 3.10. The van der Waals surface area contributed by atoms with Gasteiger partial charge in [-0.25, -0.2) is 9.07 Å². The van der Waals surface area contributed by atoms with Gasteiger partial charge in [0.15, 0.2) is 5.69 Å². The maximum atomic E-state index is 13.1. The van der Waals surface area contributed by atoms with Crippen molar-refractivity contribution in [3.05, 3.63) is 108 Å². The molecule has 3 aromatic carbocycles. The highest BCUT2D eigenvalue weighted by Crippen LogP contribution is 2.21. The van der Waals surface area contributed by atoms with E-state index in [9.17, 15) is 9.18 Å². The van der Waals surface area contributed by atoms with E-state index in [-0.39, 0.29) is 23.5 Å². The van der Waals surface area contributed by atoms with Crippen LogP contribution in [0.1, 0.15) is 29.0 Å². The molecular formula is C24H21FN4O. The van der Waals surface area contributed by atoms with E-state index >= 15 is 0 Å². The lowest BCUT2D eigenvalue weighted by atomic mass is 10.1. The van der Waals surface area contributed by atoms with E-state index in [0.717, 1.165) is 5.69 Å². The number of aromatic nitrogens is 2. The van der Waals surface area contributed by atoms with Crippen LogP contribution in [0.2, 0.25) is 0 Å². The average molecular weight is 400 g/mol. The Balaban J connectivity index is 1.38. The summed E-state index contributed by atoms with van der Waals surface area (Å²) in [6.45, 7) is 2.10. The SMILES string of the molecule is CC(Nc1ccc(NC(=O)c2ccn(-c3ccc(F)cc3)n2)cc1)c1ccccc1. The standard InChI is InChI=1S/C24H21FN4O/c1-17(18-5-3-2-4-6-18)26-20-9-11-21(12-10-20)27-24(30)23-15-16-29(28-23)22-13-7-19(25)8-14-22/h2-17,26H,1H3,(H,27,30). The molecule has 0 saturated heterocycles. The average Bonchev–Trinajstić information content (AvgIpc) is 3.27. The lowest BCUT2D eigenvalue weighted by Crippen LogP contribution is -2.13. The van der Waals surface area contributed by atoms with Crippen LogP contribution in [-0.4, -0.2) is 15.7 Å². The molecule has 150 valence electrons. The zero-order chi connectivity index (χ0) is 20.9. The molecule has 6 heteroatoms. The first-order valence-corrected chi connectivity index (χ1v) is 9.63. The quantitative estimate of drug-likeness (QED) is 0.453. The van der Waals surface area contributed by atoms with E-state index in [1.165, 1.54) is 22.4 Å². The first-order valence-electron chi connectivity index (χ1n) is 9.63. The molecule has 0 saturated carbocycles. The Labute approximate surface area is 174 Å². The minimum Gasteiger partial charge on any atom is -0.379 e. The van der Waals surface area contributed by atoms with Gasteiger partial charge in [-0.3, -0.25) is 4.79 Å². The van der Waals surface area contributed by atoms with Crippen molar-refractivity contribution >= 4 is 17.3 Å². The summed E-state index contributed by atoms with van der Waals surface area (Å²) in [5.41, 5.74) is 3.79. The first kappa shape index (κ1) is 19.4. The van der Waals surface area contributed by atoms with Gasteiger partial charge >= 0.3 is 0 Å².